The molecule has 4 aromatic rings. The minimum Gasteiger partial charge on any atom is -0.291 e. The highest BCUT2D eigenvalue weighted by molar-refractivity contribution is 7.98. The summed E-state index contributed by atoms with van der Waals surface area (Å²) < 4.78 is 15.7. The lowest BCUT2D eigenvalue weighted by atomic mass is 9.81. The zero-order chi connectivity index (χ0) is 24.5. The third-order valence-corrected chi connectivity index (χ3v) is 7.73. The van der Waals surface area contributed by atoms with Crippen molar-refractivity contribution in [2.75, 3.05) is 0 Å². The molecule has 0 saturated carbocycles. The van der Waals surface area contributed by atoms with Crippen LogP contribution in [-0.2, 0) is 11.2 Å². The Labute approximate surface area is 217 Å². The molecule has 0 aliphatic rings. The van der Waals surface area contributed by atoms with Crippen molar-refractivity contribution in [3.05, 3.63) is 110 Å². The van der Waals surface area contributed by atoms with Crippen LogP contribution in [-0.4, -0.2) is 9.55 Å². The Balaban J connectivity index is 1.77. The molecular formula is C26H19Cl3FN3S. The molecule has 3 nitrogen and oxygen atoms in total. The number of hydrogen-bond donors (Lipinski definition) is 0. The van der Waals surface area contributed by atoms with Crippen molar-refractivity contribution in [2.24, 2.45) is 0 Å². The maximum atomic E-state index is 13.7. The largest absolute Gasteiger partial charge is 0.291 e. The molecule has 1 aromatic heterocycles. The first-order valence-corrected chi connectivity index (χ1v) is 12.4. The van der Waals surface area contributed by atoms with E-state index in [-0.39, 0.29) is 5.82 Å². The summed E-state index contributed by atoms with van der Waals surface area (Å²) in [5.41, 5.74) is 3.58. The van der Waals surface area contributed by atoms with Gasteiger partial charge in [0.05, 0.1) is 33.6 Å². The molecule has 0 aliphatic carbocycles. The zero-order valence-electron chi connectivity index (χ0n) is 18.3. The van der Waals surface area contributed by atoms with Gasteiger partial charge in [0.15, 0.2) is 5.16 Å². The monoisotopic (exact) mass is 529 g/mol. The van der Waals surface area contributed by atoms with E-state index in [0.29, 0.717) is 26.4 Å². The molecular weight excluding hydrogens is 512 g/mol. The van der Waals surface area contributed by atoms with Gasteiger partial charge < -0.3 is 0 Å². The maximum absolute atomic E-state index is 13.7. The number of rotatable bonds is 6. The van der Waals surface area contributed by atoms with Gasteiger partial charge in [-0.25, -0.2) is 9.37 Å². The van der Waals surface area contributed by atoms with Gasteiger partial charge in [-0.2, -0.15) is 5.26 Å². The second-order valence-electron chi connectivity index (χ2n) is 8.20. The van der Waals surface area contributed by atoms with Crippen LogP contribution in [0.25, 0.3) is 5.69 Å². The highest BCUT2D eigenvalue weighted by atomic mass is 35.5. The number of aromatic nitrogens is 2. The number of benzene rings is 3. The van der Waals surface area contributed by atoms with Crippen LogP contribution in [0.1, 0.15) is 36.2 Å². The van der Waals surface area contributed by atoms with Crippen LogP contribution >= 0.6 is 46.6 Å². The van der Waals surface area contributed by atoms with Crippen molar-refractivity contribution in [1.29, 1.82) is 5.26 Å². The van der Waals surface area contributed by atoms with Crippen LogP contribution in [0.2, 0.25) is 15.1 Å². The fourth-order valence-electron chi connectivity index (χ4n) is 3.63. The van der Waals surface area contributed by atoms with Crippen molar-refractivity contribution in [2.45, 2.75) is 30.2 Å². The van der Waals surface area contributed by atoms with Gasteiger partial charge in [-0.3, -0.25) is 4.57 Å². The summed E-state index contributed by atoms with van der Waals surface area (Å²) in [6, 6.07) is 19.2. The van der Waals surface area contributed by atoms with E-state index in [1.54, 1.807) is 30.3 Å². The van der Waals surface area contributed by atoms with Crippen LogP contribution in [0.15, 0.2) is 72.0 Å². The number of nitrogens with zero attached hydrogens (tertiary/aromatic N) is 3. The van der Waals surface area contributed by atoms with Gasteiger partial charge >= 0.3 is 0 Å². The molecule has 0 radical (unpaired) electrons. The number of thioether (sulfide) groups is 1. The van der Waals surface area contributed by atoms with Gasteiger partial charge in [0, 0.05) is 21.9 Å². The van der Waals surface area contributed by atoms with Gasteiger partial charge in [-0.1, -0.05) is 72.5 Å². The molecule has 0 fully saturated rings. The average molecular weight is 531 g/mol. The Morgan fingerprint density at radius 1 is 0.971 bits per heavy atom. The summed E-state index contributed by atoms with van der Waals surface area (Å²) in [6.07, 6.45) is 1.83. The highest BCUT2D eigenvalue weighted by Gasteiger charge is 2.30. The molecule has 172 valence electrons. The van der Waals surface area contributed by atoms with Crippen molar-refractivity contribution in [3.63, 3.8) is 0 Å². The summed E-state index contributed by atoms with van der Waals surface area (Å²) in [6.45, 7) is 4.16. The molecule has 4 rings (SSSR count). The summed E-state index contributed by atoms with van der Waals surface area (Å²) in [7, 11) is 0. The van der Waals surface area contributed by atoms with Crippen LogP contribution in [0.5, 0.6) is 0 Å². The van der Waals surface area contributed by atoms with E-state index in [2.05, 4.69) is 19.9 Å². The Bertz CT molecular complexity index is 1390. The van der Waals surface area contributed by atoms with Crippen molar-refractivity contribution in [3.8, 4) is 11.8 Å². The summed E-state index contributed by atoms with van der Waals surface area (Å²) >= 11 is 20.3. The van der Waals surface area contributed by atoms with E-state index in [0.717, 1.165) is 27.7 Å². The first kappa shape index (κ1) is 24.6. The fourth-order valence-corrected chi connectivity index (χ4v) is 5.25. The van der Waals surface area contributed by atoms with E-state index in [4.69, 9.17) is 45.0 Å². The lowest BCUT2D eigenvalue weighted by Crippen LogP contribution is -2.23. The minimum absolute atomic E-state index is 0.312. The number of nitriles is 1. The van der Waals surface area contributed by atoms with Gasteiger partial charge in [-0.05, 0) is 59.7 Å². The van der Waals surface area contributed by atoms with E-state index in [9.17, 15) is 4.39 Å². The molecule has 0 unspecified atom stereocenters. The highest BCUT2D eigenvalue weighted by Crippen LogP contribution is 2.39. The first-order valence-electron chi connectivity index (χ1n) is 10.3. The predicted molar refractivity (Wildman–Crippen MR) is 138 cm³/mol. The zero-order valence-corrected chi connectivity index (χ0v) is 21.4. The normalized spacial score (nSPS) is 11.4. The van der Waals surface area contributed by atoms with Gasteiger partial charge in [0.25, 0.3) is 0 Å². The van der Waals surface area contributed by atoms with E-state index < -0.39 is 5.41 Å². The molecule has 34 heavy (non-hydrogen) atoms. The van der Waals surface area contributed by atoms with Gasteiger partial charge in [0.1, 0.15) is 5.82 Å². The molecule has 0 spiro atoms. The van der Waals surface area contributed by atoms with E-state index >= 15 is 0 Å². The smallest absolute Gasteiger partial charge is 0.173 e. The first-order chi connectivity index (χ1) is 16.2. The van der Waals surface area contributed by atoms with E-state index in [1.807, 2.05) is 29.0 Å². The standard InChI is InChI=1S/C26H19Cl3FN3S/c1-26(2,18-5-10-21(27)23(29)12-18)24-14-32-25(33(24)20-8-6-19(30)7-9-20)34-15-17-4-3-16(13-31)11-22(17)28/h3-12,14H,15H2,1-2H3. The number of halogens is 4. The van der Waals surface area contributed by atoms with Crippen molar-refractivity contribution < 1.29 is 4.39 Å². The average Bonchev–Trinajstić information content (AvgIpc) is 3.25. The third-order valence-electron chi connectivity index (χ3n) is 5.63. The Morgan fingerprint density at radius 2 is 1.71 bits per heavy atom. The molecule has 0 aliphatic heterocycles. The molecule has 0 amide bonds. The van der Waals surface area contributed by atoms with Crippen LogP contribution < -0.4 is 0 Å². The molecule has 3 aromatic carbocycles. The topological polar surface area (TPSA) is 41.6 Å². The molecule has 0 bridgehead atoms. The number of imidazole rings is 1. The molecule has 0 saturated heterocycles. The second-order valence-corrected chi connectivity index (χ2v) is 10.4. The molecule has 1 heterocycles. The van der Waals surface area contributed by atoms with Gasteiger partial charge in [0.2, 0.25) is 0 Å². The lowest BCUT2D eigenvalue weighted by molar-refractivity contribution is 0.591. The molecule has 8 heteroatoms. The summed E-state index contributed by atoms with van der Waals surface area (Å²) in [5.74, 6) is 0.239. The molecule has 0 atom stereocenters. The second kappa shape index (κ2) is 10.0. The van der Waals surface area contributed by atoms with Crippen LogP contribution in [0, 0.1) is 17.1 Å². The third kappa shape index (κ3) is 4.96. The van der Waals surface area contributed by atoms with Crippen molar-refractivity contribution >= 4 is 46.6 Å². The Kier molecular flexibility index (Phi) is 7.25. The van der Waals surface area contributed by atoms with Crippen molar-refractivity contribution in [1.82, 2.24) is 9.55 Å². The van der Waals surface area contributed by atoms with Crippen LogP contribution in [0.3, 0.4) is 0 Å². The summed E-state index contributed by atoms with van der Waals surface area (Å²) in [5, 5.41) is 11.3. The fraction of sp³-hybridized carbons (Fsp3) is 0.154. The van der Waals surface area contributed by atoms with Gasteiger partial charge in [-0.15, -0.1) is 0 Å². The SMILES string of the molecule is CC(C)(c1ccc(Cl)c(Cl)c1)c1cnc(SCc2ccc(C#N)cc2Cl)n1-c1ccc(F)cc1. The van der Waals surface area contributed by atoms with E-state index in [1.165, 1.54) is 23.9 Å². The quantitative estimate of drug-likeness (QED) is 0.235. The minimum atomic E-state index is -0.486. The summed E-state index contributed by atoms with van der Waals surface area (Å²) in [4.78, 5) is 4.70. The Hall–Kier alpha value is -2.49. The Morgan fingerprint density at radius 3 is 2.35 bits per heavy atom. The predicted octanol–water partition coefficient (Wildman–Crippen LogP) is 8.46. The number of hydrogen-bond acceptors (Lipinski definition) is 3. The molecule has 0 N–H and O–H groups in total. The lowest BCUT2D eigenvalue weighted by Gasteiger charge is -2.28. The maximum Gasteiger partial charge on any atom is 0.173 e. The van der Waals surface area contributed by atoms with Crippen LogP contribution in [0.4, 0.5) is 4.39 Å².